The molecular weight excluding hydrogens is 689 g/mol. The number of nitrogens with one attached hydrogen (secondary N) is 2. The Morgan fingerprint density at radius 3 is 2.52 bits per heavy atom. The molecule has 3 fully saturated rings. The molecule has 0 bridgehead atoms. The number of para-hydroxylation sites is 2. The predicted molar refractivity (Wildman–Crippen MR) is 190 cm³/mol. The van der Waals surface area contributed by atoms with Crippen LogP contribution in [0, 0.1) is 17.3 Å². The molecule has 0 spiro atoms. The van der Waals surface area contributed by atoms with Crippen molar-refractivity contribution in [3.8, 4) is 17.4 Å². The zero-order valence-electron chi connectivity index (χ0n) is 29.0. The normalized spacial score (nSPS) is 25.6. The molecule has 1 saturated heterocycles. The fourth-order valence-electron chi connectivity index (χ4n) is 7.17. The van der Waals surface area contributed by atoms with E-state index in [1.165, 1.54) is 4.90 Å². The lowest BCUT2D eigenvalue weighted by Crippen LogP contribution is -2.57. The van der Waals surface area contributed by atoms with E-state index in [0.717, 1.165) is 10.8 Å². The third-order valence-corrected chi connectivity index (χ3v) is 12.2. The van der Waals surface area contributed by atoms with E-state index in [-0.39, 0.29) is 38.3 Å². The Hall–Kier alpha value is -4.98. The number of allylic oxidation sites excluding steroid dienone is 1. The van der Waals surface area contributed by atoms with Crippen LogP contribution in [0.4, 0.5) is 0 Å². The number of amides is 3. The summed E-state index contributed by atoms with van der Waals surface area (Å²) < 4.78 is 45.6. The first kappa shape index (κ1) is 35.4. The molecule has 3 aromatic rings. The minimum absolute atomic E-state index is 0.00971. The van der Waals surface area contributed by atoms with Gasteiger partial charge in [0, 0.05) is 24.4 Å². The van der Waals surface area contributed by atoms with E-state index < -0.39 is 74.4 Å². The summed E-state index contributed by atoms with van der Waals surface area (Å²) in [7, 11) is -3.86. The minimum Gasteiger partial charge on any atom is -0.485 e. The predicted octanol–water partition coefficient (Wildman–Crippen LogP) is 3.32. The second-order valence-electron chi connectivity index (χ2n) is 14.4. The first-order chi connectivity index (χ1) is 24.9. The number of hydrogen-bond donors (Lipinski definition) is 2. The first-order valence-corrected chi connectivity index (χ1v) is 19.2. The molecule has 4 aliphatic rings. The van der Waals surface area contributed by atoms with Gasteiger partial charge < -0.3 is 24.4 Å². The van der Waals surface area contributed by atoms with Crippen LogP contribution in [0.25, 0.3) is 10.8 Å². The third kappa shape index (κ3) is 6.95. The van der Waals surface area contributed by atoms with Crippen molar-refractivity contribution in [1.82, 2.24) is 19.9 Å². The van der Waals surface area contributed by atoms with E-state index in [9.17, 15) is 27.6 Å². The number of rotatable bonds is 13. The average Bonchev–Trinajstić information content (AvgIpc) is 4.07. The number of sulfonamides is 1. The number of carbonyl (C=O) groups excluding carboxylic acids is 4. The number of fused-ring (bicyclic) bond motifs is 2. The van der Waals surface area contributed by atoms with Gasteiger partial charge in [-0.15, -0.1) is 6.58 Å². The number of carbonyl (C=O) groups is 4. The molecule has 1 aromatic heterocycles. The molecule has 3 heterocycles. The summed E-state index contributed by atoms with van der Waals surface area (Å²) in [5.41, 5.74) is -1.30. The number of likely N-dealkylation sites (tertiary alicyclic amines) is 1. The van der Waals surface area contributed by atoms with Crippen LogP contribution in [0.1, 0.15) is 46.0 Å². The van der Waals surface area contributed by atoms with E-state index in [2.05, 4.69) is 21.6 Å². The summed E-state index contributed by atoms with van der Waals surface area (Å²) >= 11 is 0. The van der Waals surface area contributed by atoms with Gasteiger partial charge in [0.2, 0.25) is 33.8 Å². The smallest absolute Gasteiger partial charge is 0.265 e. The van der Waals surface area contributed by atoms with Crippen LogP contribution in [-0.2, 0) is 29.2 Å². The van der Waals surface area contributed by atoms with Gasteiger partial charge in [0.1, 0.15) is 18.8 Å². The SMILES string of the molecule is C=C[C@@H]1C[C@]1(CC(=O)[C@@H]1C[C@@H](Oc2nccc3ccccc23)CN1C(=O)[C@@H](NC(=O)[C@@H]1COc2ccccc2O1)C(C)C)C(=O)NS(=O)(=O)C1CC1. The molecule has 274 valence electrons. The lowest BCUT2D eigenvalue weighted by Gasteiger charge is -2.32. The van der Waals surface area contributed by atoms with Crippen LogP contribution in [0.15, 0.2) is 73.4 Å². The molecule has 52 heavy (non-hydrogen) atoms. The van der Waals surface area contributed by atoms with E-state index in [0.29, 0.717) is 30.2 Å². The lowest BCUT2D eigenvalue weighted by atomic mass is 9.91. The molecule has 2 aromatic carbocycles. The topological polar surface area (TPSA) is 170 Å². The van der Waals surface area contributed by atoms with Gasteiger partial charge in [0.25, 0.3) is 5.91 Å². The second kappa shape index (κ2) is 13.9. The molecule has 0 unspecified atom stereocenters. The van der Waals surface area contributed by atoms with Gasteiger partial charge in [-0.25, -0.2) is 13.4 Å². The summed E-state index contributed by atoms with van der Waals surface area (Å²) in [6.45, 7) is 7.34. The Kier molecular flexibility index (Phi) is 9.45. The summed E-state index contributed by atoms with van der Waals surface area (Å²) in [6.07, 6.45) is 2.54. The van der Waals surface area contributed by atoms with Gasteiger partial charge in [-0.1, -0.05) is 50.3 Å². The van der Waals surface area contributed by atoms with Crippen LogP contribution in [0.5, 0.6) is 17.4 Å². The van der Waals surface area contributed by atoms with Crippen LogP contribution in [0.3, 0.4) is 0 Å². The van der Waals surface area contributed by atoms with Crippen molar-refractivity contribution in [2.75, 3.05) is 13.2 Å². The fourth-order valence-corrected chi connectivity index (χ4v) is 8.56. The maximum Gasteiger partial charge on any atom is 0.265 e. The van der Waals surface area contributed by atoms with Crippen molar-refractivity contribution >= 4 is 44.3 Å². The molecule has 0 radical (unpaired) electrons. The number of ketones is 1. The summed E-state index contributed by atoms with van der Waals surface area (Å²) in [4.78, 5) is 61.7. The van der Waals surface area contributed by atoms with E-state index in [1.807, 2.05) is 30.3 Å². The molecule has 2 N–H and O–H groups in total. The first-order valence-electron chi connectivity index (χ1n) is 17.6. The largest absolute Gasteiger partial charge is 0.485 e. The molecule has 7 rings (SSSR count). The monoisotopic (exact) mass is 730 g/mol. The lowest BCUT2D eigenvalue weighted by molar-refractivity contribution is -0.144. The molecule has 13 nitrogen and oxygen atoms in total. The highest BCUT2D eigenvalue weighted by molar-refractivity contribution is 7.90. The molecule has 6 atom stereocenters. The Morgan fingerprint density at radius 1 is 1.08 bits per heavy atom. The molecule has 2 aliphatic heterocycles. The summed E-state index contributed by atoms with van der Waals surface area (Å²) in [5.74, 6) is -1.71. The molecule has 3 amide bonds. The summed E-state index contributed by atoms with van der Waals surface area (Å²) in [5, 5.41) is 3.89. The maximum absolute atomic E-state index is 14.5. The molecule has 2 saturated carbocycles. The van der Waals surface area contributed by atoms with Crippen molar-refractivity contribution in [3.05, 3.63) is 73.4 Å². The molecular formula is C38H42N4O9S. The van der Waals surface area contributed by atoms with Crippen LogP contribution >= 0.6 is 0 Å². The van der Waals surface area contributed by atoms with Gasteiger partial charge in [-0.2, -0.15) is 0 Å². The molecule has 14 heteroatoms. The number of hydrogen-bond acceptors (Lipinski definition) is 10. The van der Waals surface area contributed by atoms with Gasteiger partial charge in [-0.05, 0) is 60.7 Å². The highest BCUT2D eigenvalue weighted by Crippen LogP contribution is 2.57. The van der Waals surface area contributed by atoms with Gasteiger partial charge in [-0.3, -0.25) is 23.9 Å². The highest BCUT2D eigenvalue weighted by atomic mass is 32.2. The third-order valence-electron chi connectivity index (χ3n) is 10.4. The van der Waals surface area contributed by atoms with Gasteiger partial charge >= 0.3 is 0 Å². The standard InChI is InChI=1S/C38H42N4O9S/c1-4-24-18-38(24,37(46)41-52(47,48)26-13-14-26)19-29(43)28-17-25(50-35-27-10-6-5-9-23(27)15-16-39-35)20-42(28)36(45)33(22(2)3)40-34(44)32-21-49-30-11-7-8-12-31(30)51-32/h4-12,15-16,22,24-26,28,32-33H,1,13-14,17-21H2,2-3H3,(H,40,44)(H,41,46)/t24-,25-,28+,32+,33+,38-/m1/s1. The minimum atomic E-state index is -3.86. The fraction of sp³-hybridized carbons (Fsp3) is 0.447. The van der Waals surface area contributed by atoms with Crippen LogP contribution in [-0.4, -0.2) is 84.5 Å². The number of aromatic nitrogens is 1. The number of nitrogens with zero attached hydrogens (tertiary/aromatic N) is 2. The van der Waals surface area contributed by atoms with E-state index in [1.54, 1.807) is 50.4 Å². The Morgan fingerprint density at radius 2 is 1.81 bits per heavy atom. The van der Waals surface area contributed by atoms with Crippen molar-refractivity contribution in [2.24, 2.45) is 17.3 Å². The number of ether oxygens (including phenoxy) is 3. The van der Waals surface area contributed by atoms with Gasteiger partial charge in [0.15, 0.2) is 17.3 Å². The zero-order valence-corrected chi connectivity index (χ0v) is 29.8. The highest BCUT2D eigenvalue weighted by Gasteiger charge is 2.61. The second-order valence-corrected chi connectivity index (χ2v) is 16.4. The van der Waals surface area contributed by atoms with Crippen molar-refractivity contribution in [2.45, 2.75) is 75.5 Å². The number of benzene rings is 2. The van der Waals surface area contributed by atoms with E-state index >= 15 is 0 Å². The average molecular weight is 731 g/mol. The van der Waals surface area contributed by atoms with E-state index in [4.69, 9.17) is 14.2 Å². The van der Waals surface area contributed by atoms with Gasteiger partial charge in [0.05, 0.1) is 23.3 Å². The van der Waals surface area contributed by atoms with Crippen molar-refractivity contribution < 1.29 is 41.8 Å². The van der Waals surface area contributed by atoms with Crippen molar-refractivity contribution in [1.29, 1.82) is 0 Å². The Balaban J connectivity index is 1.13. The quantitative estimate of drug-likeness (QED) is 0.249. The van der Waals surface area contributed by atoms with Crippen molar-refractivity contribution in [3.63, 3.8) is 0 Å². The Bertz CT molecular complexity index is 2030. The van der Waals surface area contributed by atoms with Crippen LogP contribution in [0.2, 0.25) is 0 Å². The number of pyridine rings is 1. The molecule has 2 aliphatic carbocycles. The number of Topliss-reactive ketones (excluding diaryl/α,β-unsaturated/α-hetero) is 1. The maximum atomic E-state index is 14.5. The zero-order chi connectivity index (χ0) is 36.8. The summed E-state index contributed by atoms with van der Waals surface area (Å²) in [6, 6.07) is 14.3. The van der Waals surface area contributed by atoms with Crippen LogP contribution < -0.4 is 24.2 Å². The Labute approximate surface area is 302 Å².